The van der Waals surface area contributed by atoms with Gasteiger partial charge in [0.15, 0.2) is 0 Å². The zero-order chi connectivity index (χ0) is 39.4. The number of halogens is 3. The van der Waals surface area contributed by atoms with Crippen LogP contribution in [0, 0.1) is 0 Å². The van der Waals surface area contributed by atoms with E-state index < -0.39 is 24.2 Å². The summed E-state index contributed by atoms with van der Waals surface area (Å²) < 4.78 is 31.7. The summed E-state index contributed by atoms with van der Waals surface area (Å²) in [4.78, 5) is 56.5. The van der Waals surface area contributed by atoms with Crippen LogP contribution in [0.5, 0.6) is 0 Å². The number of hydrogen-bond donors (Lipinski definition) is 5. The van der Waals surface area contributed by atoms with Gasteiger partial charge in [0.05, 0.1) is 6.54 Å². The average Bonchev–Trinajstić information content (AvgIpc) is 3.47. The minimum absolute atomic E-state index is 0.177. The van der Waals surface area contributed by atoms with Gasteiger partial charge in [0.1, 0.15) is 12.1 Å². The van der Waals surface area contributed by atoms with Crippen LogP contribution in [0.2, 0.25) is 0 Å². The molecular weight excluding hydrogens is 711 g/mol. The Bertz CT molecular complexity index is 2000. The molecule has 0 fully saturated rings. The van der Waals surface area contributed by atoms with Crippen molar-refractivity contribution < 1.29 is 37.5 Å². The topological polar surface area (TPSA) is 158 Å². The van der Waals surface area contributed by atoms with Crippen molar-refractivity contribution in [2.24, 2.45) is 5.73 Å². The highest BCUT2D eigenvalue weighted by Crippen LogP contribution is 2.31. The van der Waals surface area contributed by atoms with Crippen molar-refractivity contribution in [3.8, 4) is 0 Å². The van der Waals surface area contributed by atoms with Crippen LogP contribution in [0.25, 0.3) is 10.9 Å². The van der Waals surface area contributed by atoms with Crippen LogP contribution in [0.4, 0.5) is 13.2 Å². The Morgan fingerprint density at radius 2 is 1.42 bits per heavy atom. The van der Waals surface area contributed by atoms with Crippen molar-refractivity contribution in [3.05, 3.63) is 143 Å². The van der Waals surface area contributed by atoms with E-state index in [0.29, 0.717) is 32.4 Å². The van der Waals surface area contributed by atoms with E-state index in [-0.39, 0.29) is 36.6 Å². The van der Waals surface area contributed by atoms with E-state index in [2.05, 4.69) is 15.6 Å². The number of hydrogen-bond acceptors (Lipinski definition) is 5. The van der Waals surface area contributed by atoms with Gasteiger partial charge >= 0.3 is 12.1 Å². The number of aromatic amines is 1. The van der Waals surface area contributed by atoms with Gasteiger partial charge in [-0.25, -0.2) is 4.79 Å². The molecule has 2 heterocycles. The summed E-state index contributed by atoms with van der Waals surface area (Å²) in [6.07, 6.45) is -2.69. The highest BCUT2D eigenvalue weighted by atomic mass is 19.4. The molecule has 0 aliphatic carbocycles. The van der Waals surface area contributed by atoms with Crippen LogP contribution in [0.1, 0.15) is 59.5 Å². The van der Waals surface area contributed by atoms with Crippen LogP contribution in [0.15, 0.2) is 115 Å². The predicted octanol–water partition coefficient (Wildman–Crippen LogP) is 6.21. The molecule has 0 saturated heterocycles. The van der Waals surface area contributed by atoms with Crippen LogP contribution in [-0.4, -0.2) is 63.5 Å². The van der Waals surface area contributed by atoms with Crippen molar-refractivity contribution in [3.63, 3.8) is 0 Å². The minimum Gasteiger partial charge on any atom is -0.475 e. The van der Waals surface area contributed by atoms with E-state index in [0.717, 1.165) is 45.3 Å². The fourth-order valence-corrected chi connectivity index (χ4v) is 6.79. The Balaban J connectivity index is 0.000000757. The smallest absolute Gasteiger partial charge is 0.475 e. The Kier molecular flexibility index (Phi) is 13.8. The molecule has 1 aromatic heterocycles. The van der Waals surface area contributed by atoms with Crippen molar-refractivity contribution in [1.29, 1.82) is 0 Å². The number of nitrogens with zero attached hydrogens (tertiary/aromatic N) is 1. The number of H-pyrrole nitrogens is 1. The van der Waals surface area contributed by atoms with E-state index in [4.69, 9.17) is 15.6 Å². The summed E-state index contributed by atoms with van der Waals surface area (Å²) >= 11 is 0. The number of aromatic nitrogens is 1. The number of carbonyl (C=O) groups is 4. The average molecular weight is 756 g/mol. The lowest BCUT2D eigenvalue weighted by Crippen LogP contribution is -2.55. The molecule has 3 amide bonds. The van der Waals surface area contributed by atoms with Crippen molar-refractivity contribution >= 4 is 34.6 Å². The number of fused-ring (bicyclic) bond motifs is 3. The molecule has 5 aromatic rings. The van der Waals surface area contributed by atoms with Crippen molar-refractivity contribution in [2.45, 2.75) is 69.4 Å². The number of benzene rings is 4. The van der Waals surface area contributed by atoms with Gasteiger partial charge in [-0.3, -0.25) is 14.4 Å². The van der Waals surface area contributed by atoms with Crippen LogP contribution in [-0.2, 0) is 38.7 Å². The second-order valence-electron chi connectivity index (χ2n) is 13.3. The van der Waals surface area contributed by atoms with Crippen LogP contribution in [0.3, 0.4) is 0 Å². The number of amides is 3. The second kappa shape index (κ2) is 18.9. The van der Waals surface area contributed by atoms with Crippen LogP contribution >= 0.6 is 0 Å². The van der Waals surface area contributed by atoms with Gasteiger partial charge in [-0.15, -0.1) is 0 Å². The molecule has 55 heavy (non-hydrogen) atoms. The van der Waals surface area contributed by atoms with Crippen molar-refractivity contribution in [1.82, 2.24) is 20.5 Å². The fraction of sp³-hybridized carbons (Fsp3) is 0.286. The highest BCUT2D eigenvalue weighted by Gasteiger charge is 2.39. The molecule has 0 saturated carbocycles. The summed E-state index contributed by atoms with van der Waals surface area (Å²) in [5.41, 5.74) is 11.7. The number of rotatable bonds is 13. The lowest BCUT2D eigenvalue weighted by Gasteiger charge is -2.32. The number of nitrogens with one attached hydrogen (secondary N) is 3. The Morgan fingerprint density at radius 1 is 0.855 bits per heavy atom. The number of nitrogens with two attached hydrogens (primary N) is 1. The fourth-order valence-electron chi connectivity index (χ4n) is 6.79. The minimum atomic E-state index is -5.08. The number of carboxylic acid groups (broad SMARTS) is 1. The highest BCUT2D eigenvalue weighted by molar-refractivity contribution is 5.94. The standard InChI is InChI=1S/C40H43N5O3.C2HF3O2/c41-23-13-12-22-37(39(47)42-26-28-14-4-1-5-15-28)45-27-36-33(31-20-10-11-21-34(31)43-36)24-35(40(45)48)44-38(46)25-32(29-16-6-2-7-17-29)30-18-8-3-9-19-30;3-2(4,5)1(6)7/h1-11,14-21,32,35,37,43H,12-13,22-27,41H2,(H,42,47)(H,44,46);(H,6,7)/t35-,37+;/m1./s1. The summed E-state index contributed by atoms with van der Waals surface area (Å²) in [6, 6.07) is 36.1. The normalized spacial score (nSPS) is 14.7. The van der Waals surface area contributed by atoms with Gasteiger partial charge in [0.2, 0.25) is 17.7 Å². The number of carboxylic acids is 1. The van der Waals surface area contributed by atoms with Crippen LogP contribution < -0.4 is 16.4 Å². The number of unbranched alkanes of at least 4 members (excludes halogenated alkanes) is 1. The number of para-hydroxylation sites is 1. The molecule has 1 aliphatic rings. The quantitative estimate of drug-likeness (QED) is 0.0901. The predicted molar refractivity (Wildman–Crippen MR) is 203 cm³/mol. The first-order chi connectivity index (χ1) is 26.5. The van der Waals surface area contributed by atoms with E-state index in [1.54, 1.807) is 4.90 Å². The SMILES string of the molecule is NCCCC[C@@H](C(=O)NCc1ccccc1)N1Cc2[nH]c3ccccc3c2C[C@@H](NC(=O)CC(c2ccccc2)c2ccccc2)C1=O.O=C(O)C(F)(F)F. The number of alkyl halides is 3. The van der Waals surface area contributed by atoms with Gasteiger partial charge in [0, 0.05) is 41.9 Å². The summed E-state index contributed by atoms with van der Waals surface area (Å²) in [5, 5.41) is 14.3. The Morgan fingerprint density at radius 3 is 2.00 bits per heavy atom. The monoisotopic (exact) mass is 755 g/mol. The second-order valence-corrected chi connectivity index (χ2v) is 13.3. The maximum absolute atomic E-state index is 14.6. The molecule has 0 spiro atoms. The Hall–Kier alpha value is -5.95. The number of aliphatic carboxylic acids is 1. The largest absolute Gasteiger partial charge is 0.490 e. The maximum atomic E-state index is 14.6. The third-order valence-electron chi connectivity index (χ3n) is 9.51. The molecular formula is C42H44F3N5O5. The van der Waals surface area contributed by atoms with E-state index in [9.17, 15) is 27.6 Å². The van der Waals surface area contributed by atoms with Gasteiger partial charge < -0.3 is 31.4 Å². The zero-order valence-corrected chi connectivity index (χ0v) is 30.1. The molecule has 288 valence electrons. The number of carbonyl (C=O) groups excluding carboxylic acids is 3. The molecule has 13 heteroatoms. The molecule has 10 nitrogen and oxygen atoms in total. The maximum Gasteiger partial charge on any atom is 0.490 e. The molecule has 0 radical (unpaired) electrons. The van der Waals surface area contributed by atoms with Gasteiger partial charge in [-0.05, 0) is 54.1 Å². The van der Waals surface area contributed by atoms with Crippen molar-refractivity contribution in [2.75, 3.05) is 6.54 Å². The lowest BCUT2D eigenvalue weighted by atomic mass is 9.88. The van der Waals surface area contributed by atoms with E-state index in [1.165, 1.54) is 0 Å². The first-order valence-electron chi connectivity index (χ1n) is 18.1. The zero-order valence-electron chi connectivity index (χ0n) is 30.1. The Labute approximate surface area is 316 Å². The molecule has 6 N–H and O–H groups in total. The van der Waals surface area contributed by atoms with Gasteiger partial charge in [-0.1, -0.05) is 109 Å². The van der Waals surface area contributed by atoms with E-state index >= 15 is 0 Å². The molecule has 1 aliphatic heterocycles. The molecule has 0 bridgehead atoms. The summed E-state index contributed by atoms with van der Waals surface area (Å²) in [7, 11) is 0. The van der Waals surface area contributed by atoms with E-state index in [1.807, 2.05) is 115 Å². The third-order valence-corrected chi connectivity index (χ3v) is 9.51. The molecule has 6 rings (SSSR count). The molecule has 4 aromatic carbocycles. The summed E-state index contributed by atoms with van der Waals surface area (Å²) in [5.74, 6) is -3.64. The third kappa shape index (κ3) is 10.8. The first kappa shape index (κ1) is 40.2. The molecule has 2 atom stereocenters. The lowest BCUT2D eigenvalue weighted by molar-refractivity contribution is -0.192. The first-order valence-corrected chi connectivity index (χ1v) is 18.1. The summed E-state index contributed by atoms with van der Waals surface area (Å²) in [6.45, 7) is 1.09. The van der Waals surface area contributed by atoms with Gasteiger partial charge in [-0.2, -0.15) is 13.2 Å². The van der Waals surface area contributed by atoms with Gasteiger partial charge in [0.25, 0.3) is 0 Å². The molecule has 0 unspecified atom stereocenters.